The second-order valence-corrected chi connectivity index (χ2v) is 4.54. The SMILES string of the molecule is CCOC1(c2nccc(CNC)n2)CCCC1. The Hall–Kier alpha value is -1.00. The third-order valence-electron chi connectivity index (χ3n) is 3.31. The van der Waals surface area contributed by atoms with Crippen molar-refractivity contribution in [3.63, 3.8) is 0 Å². The molecule has 1 fully saturated rings. The van der Waals surface area contributed by atoms with E-state index in [0.717, 1.165) is 37.5 Å². The van der Waals surface area contributed by atoms with Crippen LogP contribution >= 0.6 is 0 Å². The molecule has 17 heavy (non-hydrogen) atoms. The summed E-state index contributed by atoms with van der Waals surface area (Å²) in [6.07, 6.45) is 6.35. The van der Waals surface area contributed by atoms with Crippen LogP contribution in [0.2, 0.25) is 0 Å². The minimum atomic E-state index is -0.224. The van der Waals surface area contributed by atoms with Crippen molar-refractivity contribution in [2.45, 2.75) is 44.8 Å². The Labute approximate surface area is 103 Å². The zero-order chi connectivity index (χ0) is 12.1. The summed E-state index contributed by atoms with van der Waals surface area (Å²) in [6.45, 7) is 3.54. The number of nitrogens with zero attached hydrogens (tertiary/aromatic N) is 2. The summed E-state index contributed by atoms with van der Waals surface area (Å²) < 4.78 is 5.96. The third kappa shape index (κ3) is 2.64. The minimum Gasteiger partial charge on any atom is -0.367 e. The molecule has 1 aliphatic rings. The van der Waals surface area contributed by atoms with Crippen molar-refractivity contribution in [3.8, 4) is 0 Å². The van der Waals surface area contributed by atoms with Crippen molar-refractivity contribution in [3.05, 3.63) is 23.8 Å². The summed E-state index contributed by atoms with van der Waals surface area (Å²) in [7, 11) is 1.93. The fourth-order valence-corrected chi connectivity index (χ4v) is 2.55. The Bertz CT molecular complexity index is 361. The van der Waals surface area contributed by atoms with Gasteiger partial charge in [0.1, 0.15) is 5.60 Å². The van der Waals surface area contributed by atoms with Gasteiger partial charge in [0.15, 0.2) is 5.82 Å². The maximum atomic E-state index is 5.96. The highest BCUT2D eigenvalue weighted by atomic mass is 16.5. The van der Waals surface area contributed by atoms with Crippen LogP contribution in [0.1, 0.15) is 44.1 Å². The molecule has 0 amide bonds. The van der Waals surface area contributed by atoms with Gasteiger partial charge in [-0.2, -0.15) is 0 Å². The second-order valence-electron chi connectivity index (χ2n) is 4.54. The highest BCUT2D eigenvalue weighted by molar-refractivity contribution is 5.10. The Balaban J connectivity index is 2.26. The average Bonchev–Trinajstić information content (AvgIpc) is 2.80. The monoisotopic (exact) mass is 235 g/mol. The largest absolute Gasteiger partial charge is 0.367 e. The lowest BCUT2D eigenvalue weighted by atomic mass is 10.0. The van der Waals surface area contributed by atoms with E-state index in [1.807, 2.05) is 26.2 Å². The van der Waals surface area contributed by atoms with Crippen molar-refractivity contribution in [2.75, 3.05) is 13.7 Å². The molecule has 0 bridgehead atoms. The van der Waals surface area contributed by atoms with Crippen LogP contribution < -0.4 is 5.32 Å². The Morgan fingerprint density at radius 2 is 2.18 bits per heavy atom. The predicted octanol–water partition coefficient (Wildman–Crippen LogP) is 2.00. The topological polar surface area (TPSA) is 47.0 Å². The molecule has 2 rings (SSSR count). The van der Waals surface area contributed by atoms with Crippen molar-refractivity contribution in [2.24, 2.45) is 0 Å². The first-order valence-corrected chi connectivity index (χ1v) is 6.42. The number of ether oxygens (including phenoxy) is 1. The molecular weight excluding hydrogens is 214 g/mol. The molecule has 0 aliphatic heterocycles. The fraction of sp³-hybridized carbons (Fsp3) is 0.692. The molecular formula is C13H21N3O. The zero-order valence-electron chi connectivity index (χ0n) is 10.7. The van der Waals surface area contributed by atoms with Crippen molar-refractivity contribution < 1.29 is 4.74 Å². The van der Waals surface area contributed by atoms with Crippen molar-refractivity contribution in [1.29, 1.82) is 0 Å². The molecule has 0 saturated heterocycles. The summed E-state index contributed by atoms with van der Waals surface area (Å²) >= 11 is 0. The molecule has 4 nitrogen and oxygen atoms in total. The highest BCUT2D eigenvalue weighted by Crippen LogP contribution is 2.40. The van der Waals surface area contributed by atoms with Crippen LogP contribution in [-0.2, 0) is 16.9 Å². The van der Waals surface area contributed by atoms with E-state index < -0.39 is 0 Å². The lowest BCUT2D eigenvalue weighted by molar-refractivity contribution is -0.0458. The van der Waals surface area contributed by atoms with E-state index in [-0.39, 0.29) is 5.60 Å². The molecule has 1 heterocycles. The molecule has 0 spiro atoms. The van der Waals surface area contributed by atoms with E-state index in [1.54, 1.807) is 0 Å². The van der Waals surface area contributed by atoms with Crippen molar-refractivity contribution in [1.82, 2.24) is 15.3 Å². The van der Waals surface area contributed by atoms with Gasteiger partial charge >= 0.3 is 0 Å². The fourth-order valence-electron chi connectivity index (χ4n) is 2.55. The molecule has 0 unspecified atom stereocenters. The summed E-state index contributed by atoms with van der Waals surface area (Å²) in [4.78, 5) is 9.07. The maximum Gasteiger partial charge on any atom is 0.160 e. The van der Waals surface area contributed by atoms with Gasteiger partial charge in [-0.15, -0.1) is 0 Å². The highest BCUT2D eigenvalue weighted by Gasteiger charge is 2.39. The quantitative estimate of drug-likeness (QED) is 0.848. The van der Waals surface area contributed by atoms with Crippen LogP contribution in [0.4, 0.5) is 0 Å². The summed E-state index contributed by atoms with van der Waals surface area (Å²) in [5.74, 6) is 0.865. The minimum absolute atomic E-state index is 0.224. The number of hydrogen-bond acceptors (Lipinski definition) is 4. The number of rotatable bonds is 5. The van der Waals surface area contributed by atoms with Gasteiger partial charge in [0.05, 0.1) is 5.69 Å². The van der Waals surface area contributed by atoms with E-state index in [0.29, 0.717) is 0 Å². The average molecular weight is 235 g/mol. The summed E-state index contributed by atoms with van der Waals surface area (Å²) in [5, 5.41) is 3.12. The molecule has 1 aromatic rings. The summed E-state index contributed by atoms with van der Waals surface area (Å²) in [6, 6.07) is 1.95. The number of hydrogen-bond donors (Lipinski definition) is 1. The molecule has 94 valence electrons. The van der Waals surface area contributed by atoms with E-state index in [2.05, 4.69) is 15.3 Å². The van der Waals surface area contributed by atoms with Crippen LogP contribution in [0.3, 0.4) is 0 Å². The van der Waals surface area contributed by atoms with E-state index in [4.69, 9.17) is 4.74 Å². The van der Waals surface area contributed by atoms with Gasteiger partial charge in [0, 0.05) is 19.3 Å². The first kappa shape index (κ1) is 12.5. The predicted molar refractivity (Wildman–Crippen MR) is 66.6 cm³/mol. The first-order chi connectivity index (χ1) is 8.30. The standard InChI is InChI=1S/C13H21N3O/c1-3-17-13(7-4-5-8-13)12-15-9-6-11(16-12)10-14-2/h6,9,14H,3-5,7-8,10H2,1-2H3. The Morgan fingerprint density at radius 3 is 2.82 bits per heavy atom. The molecule has 0 radical (unpaired) electrons. The van der Waals surface area contributed by atoms with Gasteiger partial charge < -0.3 is 10.1 Å². The van der Waals surface area contributed by atoms with Crippen LogP contribution in [0.5, 0.6) is 0 Å². The zero-order valence-corrected chi connectivity index (χ0v) is 10.7. The van der Waals surface area contributed by atoms with Crippen LogP contribution in [0.15, 0.2) is 12.3 Å². The Morgan fingerprint density at radius 1 is 1.41 bits per heavy atom. The van der Waals surface area contributed by atoms with E-state index >= 15 is 0 Å². The second kappa shape index (κ2) is 5.56. The van der Waals surface area contributed by atoms with Gasteiger partial charge in [-0.1, -0.05) is 0 Å². The van der Waals surface area contributed by atoms with Gasteiger partial charge in [0.2, 0.25) is 0 Å². The number of aromatic nitrogens is 2. The smallest absolute Gasteiger partial charge is 0.160 e. The molecule has 0 aromatic carbocycles. The van der Waals surface area contributed by atoms with Crippen LogP contribution in [0, 0.1) is 0 Å². The lowest BCUT2D eigenvalue weighted by Crippen LogP contribution is -2.29. The van der Waals surface area contributed by atoms with Crippen LogP contribution in [0.25, 0.3) is 0 Å². The molecule has 0 atom stereocenters. The van der Waals surface area contributed by atoms with E-state index in [9.17, 15) is 0 Å². The van der Waals surface area contributed by atoms with E-state index in [1.165, 1.54) is 12.8 Å². The first-order valence-electron chi connectivity index (χ1n) is 6.42. The number of nitrogens with one attached hydrogen (secondary N) is 1. The molecule has 1 aromatic heterocycles. The van der Waals surface area contributed by atoms with Crippen LogP contribution in [-0.4, -0.2) is 23.6 Å². The maximum absolute atomic E-state index is 5.96. The lowest BCUT2D eigenvalue weighted by Gasteiger charge is -2.27. The van der Waals surface area contributed by atoms with Gasteiger partial charge in [-0.3, -0.25) is 0 Å². The van der Waals surface area contributed by atoms with Crippen molar-refractivity contribution >= 4 is 0 Å². The van der Waals surface area contributed by atoms with Gasteiger partial charge in [-0.05, 0) is 45.7 Å². The molecule has 1 saturated carbocycles. The normalized spacial score (nSPS) is 18.5. The molecule has 4 heteroatoms. The molecule has 1 N–H and O–H groups in total. The summed E-state index contributed by atoms with van der Waals surface area (Å²) in [5.41, 5.74) is 0.807. The van der Waals surface area contributed by atoms with Gasteiger partial charge in [0.25, 0.3) is 0 Å². The Kier molecular flexibility index (Phi) is 4.07. The molecule has 1 aliphatic carbocycles. The third-order valence-corrected chi connectivity index (χ3v) is 3.31. The van der Waals surface area contributed by atoms with Gasteiger partial charge in [-0.25, -0.2) is 9.97 Å².